The van der Waals surface area contributed by atoms with Crippen molar-refractivity contribution in [2.45, 2.75) is 25.8 Å². The minimum absolute atomic E-state index is 0.0702. The van der Waals surface area contributed by atoms with E-state index in [1.165, 1.54) is 6.08 Å². The molecule has 1 aliphatic heterocycles. The maximum Gasteiger partial charge on any atom is 0.250 e. The van der Waals surface area contributed by atoms with Crippen molar-refractivity contribution >= 4 is 22.6 Å². The molecule has 1 aliphatic carbocycles. The van der Waals surface area contributed by atoms with Crippen LogP contribution in [-0.2, 0) is 0 Å². The number of halogens is 1. The SMILES string of the molecule is Cc1nc(N[C@@H]2CNCC[C@H]2C2C=CC=C(F)C2)c2cccc(C(N)=O)c2n1. The maximum absolute atomic E-state index is 13.8. The molecule has 2 aliphatic rings. The Morgan fingerprint density at radius 3 is 3.00 bits per heavy atom. The first kappa shape index (κ1) is 18.6. The number of fused-ring (bicyclic) bond motifs is 1. The summed E-state index contributed by atoms with van der Waals surface area (Å²) in [7, 11) is 0. The summed E-state index contributed by atoms with van der Waals surface area (Å²) in [5, 5.41) is 7.73. The van der Waals surface area contributed by atoms with E-state index in [1.54, 1.807) is 19.1 Å². The van der Waals surface area contributed by atoms with Gasteiger partial charge >= 0.3 is 0 Å². The van der Waals surface area contributed by atoms with Crippen molar-refractivity contribution in [1.29, 1.82) is 0 Å². The van der Waals surface area contributed by atoms with Gasteiger partial charge < -0.3 is 16.4 Å². The molecular weight excluding hydrogens is 357 g/mol. The minimum Gasteiger partial charge on any atom is -0.366 e. The summed E-state index contributed by atoms with van der Waals surface area (Å²) >= 11 is 0. The van der Waals surface area contributed by atoms with Gasteiger partial charge in [-0.3, -0.25) is 4.79 Å². The summed E-state index contributed by atoms with van der Waals surface area (Å²) in [6, 6.07) is 5.43. The largest absolute Gasteiger partial charge is 0.366 e. The third-order valence-electron chi connectivity index (χ3n) is 5.58. The molecule has 0 radical (unpaired) electrons. The van der Waals surface area contributed by atoms with Crippen LogP contribution in [0.1, 0.15) is 29.0 Å². The number of aryl methyl sites for hydroxylation is 1. The number of anilines is 1. The smallest absolute Gasteiger partial charge is 0.250 e. The standard InChI is InChI=1S/C21H24FN5O/c1-12-25-19-16(20(23)28)6-3-7-17(19)21(26-12)27-18-11-24-9-8-15(18)13-4-2-5-14(22)10-13/h2-7,13,15,18,24H,8-11H2,1H3,(H2,23,28)(H,25,26,27)/t13?,15-,18+/m0/s1. The number of primary amides is 1. The zero-order valence-electron chi connectivity index (χ0n) is 15.8. The van der Waals surface area contributed by atoms with E-state index in [2.05, 4.69) is 26.7 Å². The Hall–Kier alpha value is -2.80. The van der Waals surface area contributed by atoms with Gasteiger partial charge in [-0.25, -0.2) is 14.4 Å². The van der Waals surface area contributed by atoms with Gasteiger partial charge in [0, 0.05) is 24.4 Å². The molecule has 1 fully saturated rings. The molecule has 6 nitrogen and oxygen atoms in total. The van der Waals surface area contributed by atoms with E-state index in [9.17, 15) is 9.18 Å². The highest BCUT2D eigenvalue weighted by molar-refractivity contribution is 6.07. The molecular formula is C21H24FN5O. The minimum atomic E-state index is -0.513. The van der Waals surface area contributed by atoms with Crippen molar-refractivity contribution in [1.82, 2.24) is 15.3 Å². The molecule has 1 amide bonds. The van der Waals surface area contributed by atoms with Crippen LogP contribution >= 0.6 is 0 Å². The number of carbonyl (C=O) groups is 1. The lowest BCUT2D eigenvalue weighted by molar-refractivity contribution is 0.100. The number of nitrogens with zero attached hydrogens (tertiary/aromatic N) is 2. The highest BCUT2D eigenvalue weighted by Gasteiger charge is 2.32. The first-order valence-corrected chi connectivity index (χ1v) is 9.60. The fourth-order valence-electron chi connectivity index (χ4n) is 4.26. The zero-order chi connectivity index (χ0) is 19.7. The number of nitrogens with two attached hydrogens (primary N) is 1. The second-order valence-corrected chi connectivity index (χ2v) is 7.46. The molecule has 0 spiro atoms. The Morgan fingerprint density at radius 1 is 1.36 bits per heavy atom. The van der Waals surface area contributed by atoms with Gasteiger partial charge in [-0.2, -0.15) is 0 Å². The van der Waals surface area contributed by atoms with E-state index >= 15 is 0 Å². The molecule has 4 rings (SSSR count). The summed E-state index contributed by atoms with van der Waals surface area (Å²) < 4.78 is 13.8. The molecule has 146 valence electrons. The van der Waals surface area contributed by atoms with Crippen LogP contribution in [0, 0.1) is 18.8 Å². The topological polar surface area (TPSA) is 92.9 Å². The second kappa shape index (κ2) is 7.67. The molecule has 1 aromatic heterocycles. The average Bonchev–Trinajstić information content (AvgIpc) is 2.68. The number of hydrogen-bond acceptors (Lipinski definition) is 5. The van der Waals surface area contributed by atoms with Crippen LogP contribution in [0.25, 0.3) is 10.9 Å². The van der Waals surface area contributed by atoms with E-state index in [0.717, 1.165) is 24.9 Å². The number of benzene rings is 1. The Bertz CT molecular complexity index is 971. The number of piperidine rings is 1. The number of aromatic nitrogens is 2. The first-order chi connectivity index (χ1) is 13.5. The third-order valence-corrected chi connectivity index (χ3v) is 5.58. The number of carbonyl (C=O) groups excluding carboxylic acids is 1. The number of hydrogen-bond donors (Lipinski definition) is 3. The Morgan fingerprint density at radius 2 is 2.21 bits per heavy atom. The second-order valence-electron chi connectivity index (χ2n) is 7.46. The van der Waals surface area contributed by atoms with Crippen molar-refractivity contribution in [2.24, 2.45) is 17.6 Å². The molecule has 1 aromatic carbocycles. The fraction of sp³-hybridized carbons (Fsp3) is 0.381. The van der Waals surface area contributed by atoms with Crippen molar-refractivity contribution in [3.8, 4) is 0 Å². The molecule has 28 heavy (non-hydrogen) atoms. The van der Waals surface area contributed by atoms with Gasteiger partial charge in [0.1, 0.15) is 17.5 Å². The van der Waals surface area contributed by atoms with Gasteiger partial charge in [-0.15, -0.1) is 0 Å². The Labute approximate surface area is 163 Å². The predicted molar refractivity (Wildman–Crippen MR) is 108 cm³/mol. The summed E-state index contributed by atoms with van der Waals surface area (Å²) in [6.45, 7) is 3.47. The predicted octanol–water partition coefficient (Wildman–Crippen LogP) is 2.86. The first-order valence-electron chi connectivity index (χ1n) is 9.60. The van der Waals surface area contributed by atoms with Gasteiger partial charge in [-0.1, -0.05) is 18.2 Å². The van der Waals surface area contributed by atoms with Crippen molar-refractivity contribution in [2.75, 3.05) is 18.4 Å². The maximum atomic E-state index is 13.8. The number of nitrogens with one attached hydrogen (secondary N) is 2. The normalized spacial score (nSPS) is 24.8. The van der Waals surface area contributed by atoms with Crippen molar-refractivity contribution in [3.63, 3.8) is 0 Å². The van der Waals surface area contributed by atoms with E-state index in [-0.39, 0.29) is 23.7 Å². The number of allylic oxidation sites excluding steroid dienone is 4. The van der Waals surface area contributed by atoms with Crippen molar-refractivity contribution < 1.29 is 9.18 Å². The number of rotatable bonds is 4. The molecule has 7 heteroatoms. The number of amides is 1. The lowest BCUT2D eigenvalue weighted by Gasteiger charge is -2.38. The highest BCUT2D eigenvalue weighted by Crippen LogP contribution is 2.34. The van der Waals surface area contributed by atoms with Crippen LogP contribution in [0.15, 0.2) is 42.3 Å². The Kier molecular flexibility index (Phi) is 5.09. The molecule has 0 bridgehead atoms. The summed E-state index contributed by atoms with van der Waals surface area (Å²) in [6.07, 6.45) is 6.84. The van der Waals surface area contributed by atoms with E-state index in [0.29, 0.717) is 29.1 Å². The van der Waals surface area contributed by atoms with Gasteiger partial charge in [0.2, 0.25) is 0 Å². The Balaban J connectivity index is 1.68. The van der Waals surface area contributed by atoms with Gasteiger partial charge in [0.25, 0.3) is 5.91 Å². The summed E-state index contributed by atoms with van der Waals surface area (Å²) in [5.41, 5.74) is 6.45. The van der Waals surface area contributed by atoms with E-state index in [1.807, 2.05) is 12.1 Å². The van der Waals surface area contributed by atoms with Crippen LogP contribution in [-0.4, -0.2) is 35.0 Å². The fourth-order valence-corrected chi connectivity index (χ4v) is 4.26. The average molecular weight is 381 g/mol. The quantitative estimate of drug-likeness (QED) is 0.757. The van der Waals surface area contributed by atoms with Crippen LogP contribution in [0.4, 0.5) is 10.2 Å². The highest BCUT2D eigenvalue weighted by atomic mass is 19.1. The third kappa shape index (κ3) is 3.62. The van der Waals surface area contributed by atoms with Crippen LogP contribution in [0.3, 0.4) is 0 Å². The van der Waals surface area contributed by atoms with Crippen LogP contribution in [0.5, 0.6) is 0 Å². The van der Waals surface area contributed by atoms with Crippen LogP contribution in [0.2, 0.25) is 0 Å². The molecule has 2 heterocycles. The lowest BCUT2D eigenvalue weighted by Crippen LogP contribution is -2.48. The lowest BCUT2D eigenvalue weighted by atomic mass is 9.78. The molecule has 2 aromatic rings. The summed E-state index contributed by atoms with van der Waals surface area (Å²) in [5.74, 6) is 1.10. The molecule has 1 unspecified atom stereocenters. The monoisotopic (exact) mass is 381 g/mol. The molecule has 0 saturated carbocycles. The van der Waals surface area contributed by atoms with Gasteiger partial charge in [0.05, 0.1) is 11.1 Å². The van der Waals surface area contributed by atoms with Crippen LogP contribution < -0.4 is 16.4 Å². The molecule has 3 atom stereocenters. The van der Waals surface area contributed by atoms with Gasteiger partial charge in [-0.05, 0) is 49.9 Å². The van der Waals surface area contributed by atoms with E-state index < -0.39 is 5.91 Å². The molecule has 4 N–H and O–H groups in total. The summed E-state index contributed by atoms with van der Waals surface area (Å²) in [4.78, 5) is 20.8. The van der Waals surface area contributed by atoms with Gasteiger partial charge in [0.15, 0.2) is 0 Å². The van der Waals surface area contributed by atoms with Crippen molar-refractivity contribution in [3.05, 3.63) is 53.6 Å². The zero-order valence-corrected chi connectivity index (χ0v) is 15.8. The van der Waals surface area contributed by atoms with E-state index in [4.69, 9.17) is 5.73 Å². The molecule has 1 saturated heterocycles. The number of para-hydroxylation sites is 1.